The number of Topliss-reactive ketones (excluding diaryl/α,β-unsaturated/α-hetero) is 1. The Hall–Kier alpha value is -1.72. The highest BCUT2D eigenvalue weighted by atomic mass is 16.6. The number of hydrogen-bond acceptors (Lipinski definition) is 4. The van der Waals surface area contributed by atoms with Crippen LogP contribution in [-0.2, 0) is 14.3 Å². The van der Waals surface area contributed by atoms with Gasteiger partial charge in [-0.05, 0) is 24.3 Å². The predicted octanol–water partition coefficient (Wildman–Crippen LogP) is 0.877. The molecule has 1 aliphatic rings. The van der Waals surface area contributed by atoms with Gasteiger partial charge < -0.3 is 14.4 Å². The van der Waals surface area contributed by atoms with Crippen molar-refractivity contribution in [3.63, 3.8) is 0 Å². The van der Waals surface area contributed by atoms with Crippen LogP contribution in [0.2, 0.25) is 0 Å². The van der Waals surface area contributed by atoms with E-state index in [9.17, 15) is 9.59 Å². The molecule has 96 valence electrons. The van der Waals surface area contributed by atoms with Crippen molar-refractivity contribution in [2.75, 3.05) is 31.8 Å². The molecule has 0 N–H and O–H groups in total. The Bertz CT molecular complexity index is 423. The molecule has 0 saturated carbocycles. The van der Waals surface area contributed by atoms with Gasteiger partial charge in [-0.15, -0.1) is 0 Å². The van der Waals surface area contributed by atoms with Gasteiger partial charge in [0.25, 0.3) is 0 Å². The van der Waals surface area contributed by atoms with E-state index >= 15 is 0 Å². The first kappa shape index (κ1) is 12.7. The molecule has 0 aromatic heterocycles. The van der Waals surface area contributed by atoms with E-state index in [4.69, 9.17) is 9.47 Å². The summed E-state index contributed by atoms with van der Waals surface area (Å²) in [6.07, 6.45) is 0.197. The summed E-state index contributed by atoms with van der Waals surface area (Å²) in [6.45, 7) is 1.28. The van der Waals surface area contributed by atoms with Crippen molar-refractivity contribution >= 4 is 17.9 Å². The SMILES string of the molecule is CN(C=O)c1ccc(C(=O)C2COCCO2)cc1. The first-order valence-corrected chi connectivity index (χ1v) is 5.74. The summed E-state index contributed by atoms with van der Waals surface area (Å²) in [5.41, 5.74) is 1.30. The van der Waals surface area contributed by atoms with E-state index in [0.29, 0.717) is 25.4 Å². The standard InChI is InChI=1S/C13H15NO4/c1-14(9-15)11-4-2-10(3-5-11)13(16)12-8-17-6-7-18-12/h2-5,9,12H,6-8H2,1H3. The summed E-state index contributed by atoms with van der Waals surface area (Å²) in [5.74, 6) is -0.0880. The fourth-order valence-corrected chi connectivity index (χ4v) is 1.75. The van der Waals surface area contributed by atoms with Crippen molar-refractivity contribution in [2.24, 2.45) is 0 Å². The van der Waals surface area contributed by atoms with Crippen LogP contribution in [0, 0.1) is 0 Å². The Kier molecular flexibility index (Phi) is 4.07. The predicted molar refractivity (Wildman–Crippen MR) is 65.8 cm³/mol. The molecule has 1 unspecified atom stereocenters. The second kappa shape index (κ2) is 5.75. The largest absolute Gasteiger partial charge is 0.376 e. The number of rotatable bonds is 4. The maximum absolute atomic E-state index is 12.1. The lowest BCUT2D eigenvalue weighted by Gasteiger charge is -2.22. The van der Waals surface area contributed by atoms with Crippen LogP contribution in [0.3, 0.4) is 0 Å². The fourth-order valence-electron chi connectivity index (χ4n) is 1.75. The topological polar surface area (TPSA) is 55.8 Å². The third-order valence-electron chi connectivity index (χ3n) is 2.83. The van der Waals surface area contributed by atoms with Crippen LogP contribution in [0.5, 0.6) is 0 Å². The summed E-state index contributed by atoms with van der Waals surface area (Å²) in [7, 11) is 1.65. The van der Waals surface area contributed by atoms with Gasteiger partial charge in [0.1, 0.15) is 6.10 Å². The van der Waals surface area contributed by atoms with E-state index in [1.807, 2.05) is 0 Å². The van der Waals surface area contributed by atoms with Crippen molar-refractivity contribution in [3.05, 3.63) is 29.8 Å². The zero-order valence-electron chi connectivity index (χ0n) is 10.2. The summed E-state index contributed by atoms with van der Waals surface area (Å²) < 4.78 is 10.6. The highest BCUT2D eigenvalue weighted by molar-refractivity contribution is 6.00. The molecule has 1 fully saturated rings. The third-order valence-corrected chi connectivity index (χ3v) is 2.83. The zero-order valence-corrected chi connectivity index (χ0v) is 10.2. The monoisotopic (exact) mass is 249 g/mol. The fraction of sp³-hybridized carbons (Fsp3) is 0.385. The van der Waals surface area contributed by atoms with Crippen molar-refractivity contribution in [1.29, 1.82) is 0 Å². The van der Waals surface area contributed by atoms with Crippen LogP contribution in [0.1, 0.15) is 10.4 Å². The highest BCUT2D eigenvalue weighted by Crippen LogP contribution is 2.15. The van der Waals surface area contributed by atoms with Crippen LogP contribution in [0.15, 0.2) is 24.3 Å². The molecule has 1 atom stereocenters. The first-order chi connectivity index (χ1) is 8.72. The smallest absolute Gasteiger partial charge is 0.213 e. The zero-order chi connectivity index (χ0) is 13.0. The summed E-state index contributed by atoms with van der Waals surface area (Å²) >= 11 is 0. The van der Waals surface area contributed by atoms with Gasteiger partial charge in [-0.1, -0.05) is 0 Å². The van der Waals surface area contributed by atoms with Gasteiger partial charge in [0.15, 0.2) is 5.78 Å². The number of benzene rings is 1. The number of nitrogens with zero attached hydrogens (tertiary/aromatic N) is 1. The molecule has 0 aliphatic carbocycles. The van der Waals surface area contributed by atoms with Gasteiger partial charge in [0, 0.05) is 18.3 Å². The number of carbonyl (C=O) groups excluding carboxylic acids is 2. The molecule has 5 nitrogen and oxygen atoms in total. The van der Waals surface area contributed by atoms with E-state index < -0.39 is 6.10 Å². The van der Waals surface area contributed by atoms with Gasteiger partial charge in [0.2, 0.25) is 6.41 Å². The van der Waals surface area contributed by atoms with Gasteiger partial charge in [-0.25, -0.2) is 0 Å². The quantitative estimate of drug-likeness (QED) is 0.587. The number of ether oxygens (including phenoxy) is 2. The van der Waals surface area contributed by atoms with Crippen molar-refractivity contribution < 1.29 is 19.1 Å². The minimum Gasteiger partial charge on any atom is -0.376 e. The minimum absolute atomic E-state index is 0.0880. The number of carbonyl (C=O) groups is 2. The van der Waals surface area contributed by atoms with E-state index in [2.05, 4.69) is 0 Å². The Morgan fingerprint density at radius 2 is 2.06 bits per heavy atom. The average Bonchev–Trinajstić information content (AvgIpc) is 2.47. The molecule has 2 rings (SSSR count). The molecule has 1 heterocycles. The molecule has 1 aliphatic heterocycles. The minimum atomic E-state index is -0.520. The first-order valence-electron chi connectivity index (χ1n) is 5.74. The average molecular weight is 249 g/mol. The maximum atomic E-state index is 12.1. The molecule has 0 bridgehead atoms. The molecule has 1 aromatic carbocycles. The molecule has 1 amide bonds. The normalized spacial score (nSPS) is 19.3. The Labute approximate surface area is 105 Å². The number of ketones is 1. The van der Waals surface area contributed by atoms with Crippen molar-refractivity contribution in [2.45, 2.75) is 6.10 Å². The molecule has 18 heavy (non-hydrogen) atoms. The molecular weight excluding hydrogens is 234 g/mol. The molecule has 0 spiro atoms. The van der Waals surface area contributed by atoms with Gasteiger partial charge in [-0.2, -0.15) is 0 Å². The third kappa shape index (κ3) is 2.75. The van der Waals surface area contributed by atoms with Crippen LogP contribution in [0.25, 0.3) is 0 Å². The number of anilines is 1. The van der Waals surface area contributed by atoms with Crippen LogP contribution < -0.4 is 4.90 Å². The van der Waals surface area contributed by atoms with Crippen LogP contribution >= 0.6 is 0 Å². The molecule has 5 heteroatoms. The van der Waals surface area contributed by atoms with Crippen LogP contribution in [-0.4, -0.2) is 45.2 Å². The molecule has 1 saturated heterocycles. The van der Waals surface area contributed by atoms with E-state index in [0.717, 1.165) is 12.1 Å². The van der Waals surface area contributed by atoms with Crippen LogP contribution in [0.4, 0.5) is 5.69 Å². The Morgan fingerprint density at radius 3 is 2.61 bits per heavy atom. The number of hydrogen-bond donors (Lipinski definition) is 0. The van der Waals surface area contributed by atoms with E-state index in [1.165, 1.54) is 4.90 Å². The summed E-state index contributed by atoms with van der Waals surface area (Å²) in [6, 6.07) is 6.84. The Morgan fingerprint density at radius 1 is 1.33 bits per heavy atom. The Balaban J connectivity index is 2.08. The second-order valence-corrected chi connectivity index (χ2v) is 4.06. The van der Waals surface area contributed by atoms with Gasteiger partial charge in [-0.3, -0.25) is 9.59 Å². The summed E-state index contributed by atoms with van der Waals surface area (Å²) in [5, 5.41) is 0. The molecular formula is C13H15NO4. The van der Waals surface area contributed by atoms with Crippen molar-refractivity contribution in [3.8, 4) is 0 Å². The number of amides is 1. The van der Waals surface area contributed by atoms with Crippen molar-refractivity contribution in [1.82, 2.24) is 0 Å². The highest BCUT2D eigenvalue weighted by Gasteiger charge is 2.23. The lowest BCUT2D eigenvalue weighted by Crippen LogP contribution is -2.35. The van der Waals surface area contributed by atoms with E-state index in [1.54, 1.807) is 31.3 Å². The van der Waals surface area contributed by atoms with E-state index in [-0.39, 0.29) is 5.78 Å². The maximum Gasteiger partial charge on any atom is 0.213 e. The molecule has 0 radical (unpaired) electrons. The lowest BCUT2D eigenvalue weighted by molar-refractivity contribution is -0.107. The lowest BCUT2D eigenvalue weighted by atomic mass is 10.1. The van der Waals surface area contributed by atoms with Gasteiger partial charge in [0.05, 0.1) is 19.8 Å². The van der Waals surface area contributed by atoms with Gasteiger partial charge >= 0.3 is 0 Å². The second-order valence-electron chi connectivity index (χ2n) is 4.06. The summed E-state index contributed by atoms with van der Waals surface area (Å²) in [4.78, 5) is 24.1. The molecule has 1 aromatic rings.